The third-order valence-electron chi connectivity index (χ3n) is 4.17. The SMILES string of the molecule is CCOC(=O)c1cc(-c2ccccc2)sc1NC(=O)c1ccc([N+](=O)[O-])c(C)c1. The molecule has 0 atom stereocenters. The fourth-order valence-electron chi connectivity index (χ4n) is 2.77. The largest absolute Gasteiger partial charge is 0.462 e. The molecule has 1 aromatic heterocycles. The Morgan fingerprint density at radius 3 is 2.48 bits per heavy atom. The minimum atomic E-state index is -0.527. The number of hydrogen-bond acceptors (Lipinski definition) is 6. The number of nitrogens with one attached hydrogen (secondary N) is 1. The summed E-state index contributed by atoms with van der Waals surface area (Å²) in [6.07, 6.45) is 0. The molecule has 0 unspecified atom stereocenters. The summed E-state index contributed by atoms with van der Waals surface area (Å²) in [4.78, 5) is 36.3. The van der Waals surface area contributed by atoms with Crippen LogP contribution in [-0.2, 0) is 4.74 Å². The van der Waals surface area contributed by atoms with Crippen molar-refractivity contribution in [3.8, 4) is 10.4 Å². The Balaban J connectivity index is 1.93. The molecule has 0 saturated heterocycles. The molecule has 0 saturated carbocycles. The second-order valence-corrected chi connectivity index (χ2v) is 7.20. The van der Waals surface area contributed by atoms with Gasteiger partial charge in [-0.25, -0.2) is 4.79 Å². The van der Waals surface area contributed by atoms with Crippen molar-refractivity contribution in [3.63, 3.8) is 0 Å². The minimum Gasteiger partial charge on any atom is -0.462 e. The van der Waals surface area contributed by atoms with Crippen LogP contribution < -0.4 is 5.32 Å². The summed E-state index contributed by atoms with van der Waals surface area (Å²) in [5.41, 5.74) is 1.76. The zero-order chi connectivity index (χ0) is 21.0. The van der Waals surface area contributed by atoms with E-state index in [-0.39, 0.29) is 23.4 Å². The highest BCUT2D eigenvalue weighted by atomic mass is 32.1. The molecule has 148 valence electrons. The smallest absolute Gasteiger partial charge is 0.341 e. The van der Waals surface area contributed by atoms with Gasteiger partial charge < -0.3 is 10.1 Å². The number of esters is 1. The van der Waals surface area contributed by atoms with Crippen molar-refractivity contribution < 1.29 is 19.2 Å². The summed E-state index contributed by atoms with van der Waals surface area (Å²) in [5.74, 6) is -0.990. The molecule has 1 heterocycles. The third kappa shape index (κ3) is 4.49. The van der Waals surface area contributed by atoms with Gasteiger partial charge in [-0.1, -0.05) is 30.3 Å². The number of carbonyl (C=O) groups is 2. The van der Waals surface area contributed by atoms with Crippen LogP contribution in [0.4, 0.5) is 10.7 Å². The molecule has 1 N–H and O–H groups in total. The zero-order valence-electron chi connectivity index (χ0n) is 15.8. The first kappa shape index (κ1) is 20.2. The summed E-state index contributed by atoms with van der Waals surface area (Å²) in [7, 11) is 0. The number of nitrogens with zero attached hydrogens (tertiary/aromatic N) is 1. The van der Waals surface area contributed by atoms with E-state index in [1.807, 2.05) is 30.3 Å². The Morgan fingerprint density at radius 2 is 1.86 bits per heavy atom. The summed E-state index contributed by atoms with van der Waals surface area (Å²) < 4.78 is 5.11. The van der Waals surface area contributed by atoms with E-state index < -0.39 is 16.8 Å². The molecule has 29 heavy (non-hydrogen) atoms. The van der Waals surface area contributed by atoms with Crippen LogP contribution in [0.5, 0.6) is 0 Å². The fourth-order valence-corrected chi connectivity index (χ4v) is 3.81. The Bertz CT molecular complexity index is 1080. The average Bonchev–Trinajstić information content (AvgIpc) is 3.12. The van der Waals surface area contributed by atoms with Gasteiger partial charge in [0.25, 0.3) is 11.6 Å². The molecule has 0 aliphatic heterocycles. The van der Waals surface area contributed by atoms with Crippen molar-refractivity contribution in [1.29, 1.82) is 0 Å². The maximum absolute atomic E-state index is 12.7. The van der Waals surface area contributed by atoms with Crippen molar-refractivity contribution in [2.24, 2.45) is 0 Å². The number of aryl methyl sites for hydroxylation is 1. The van der Waals surface area contributed by atoms with E-state index in [2.05, 4.69) is 5.32 Å². The van der Waals surface area contributed by atoms with Crippen molar-refractivity contribution in [3.05, 3.63) is 81.4 Å². The Morgan fingerprint density at radius 1 is 1.14 bits per heavy atom. The van der Waals surface area contributed by atoms with Gasteiger partial charge in [-0.3, -0.25) is 14.9 Å². The van der Waals surface area contributed by atoms with Crippen LogP contribution in [0.2, 0.25) is 0 Å². The molecular formula is C21H18N2O5S. The van der Waals surface area contributed by atoms with Gasteiger partial charge in [-0.15, -0.1) is 11.3 Å². The number of anilines is 1. The van der Waals surface area contributed by atoms with Gasteiger partial charge in [-0.05, 0) is 37.6 Å². The Labute approximate surface area is 171 Å². The molecule has 3 rings (SSSR count). The number of rotatable bonds is 6. The van der Waals surface area contributed by atoms with Gasteiger partial charge in [-0.2, -0.15) is 0 Å². The predicted octanol–water partition coefficient (Wildman–Crippen LogP) is 5.06. The number of amides is 1. The molecular weight excluding hydrogens is 392 g/mol. The Kier molecular flexibility index (Phi) is 6.04. The first-order valence-corrected chi connectivity index (χ1v) is 9.65. The van der Waals surface area contributed by atoms with Crippen LogP contribution >= 0.6 is 11.3 Å². The van der Waals surface area contributed by atoms with Crippen LogP contribution in [0.15, 0.2) is 54.6 Å². The number of hydrogen-bond donors (Lipinski definition) is 1. The number of thiophene rings is 1. The molecule has 0 aliphatic rings. The van der Waals surface area contributed by atoms with E-state index in [0.717, 1.165) is 10.4 Å². The molecule has 2 aromatic carbocycles. The number of benzene rings is 2. The van der Waals surface area contributed by atoms with E-state index in [0.29, 0.717) is 10.6 Å². The summed E-state index contributed by atoms with van der Waals surface area (Å²) in [6, 6.07) is 15.3. The number of nitro benzene ring substituents is 1. The monoisotopic (exact) mass is 410 g/mol. The number of nitro groups is 1. The topological polar surface area (TPSA) is 98.5 Å². The number of ether oxygens (including phenoxy) is 1. The molecule has 3 aromatic rings. The van der Waals surface area contributed by atoms with Gasteiger partial charge in [0.05, 0.1) is 17.1 Å². The van der Waals surface area contributed by atoms with Crippen LogP contribution in [0.1, 0.15) is 33.2 Å². The van der Waals surface area contributed by atoms with Gasteiger partial charge in [0, 0.05) is 22.1 Å². The molecule has 0 radical (unpaired) electrons. The molecule has 8 heteroatoms. The van der Waals surface area contributed by atoms with Gasteiger partial charge >= 0.3 is 5.97 Å². The van der Waals surface area contributed by atoms with Crippen LogP contribution in [0.3, 0.4) is 0 Å². The highest BCUT2D eigenvalue weighted by Crippen LogP contribution is 2.36. The Hall–Kier alpha value is -3.52. The van der Waals surface area contributed by atoms with Crippen molar-refractivity contribution in [2.45, 2.75) is 13.8 Å². The highest BCUT2D eigenvalue weighted by Gasteiger charge is 2.21. The molecule has 1 amide bonds. The standard InChI is InChI=1S/C21H18N2O5S/c1-3-28-21(25)16-12-18(14-7-5-4-6-8-14)29-20(16)22-19(24)15-9-10-17(23(26)27)13(2)11-15/h4-12H,3H2,1-2H3,(H,22,24). The van der Waals surface area contributed by atoms with E-state index >= 15 is 0 Å². The zero-order valence-corrected chi connectivity index (χ0v) is 16.6. The quantitative estimate of drug-likeness (QED) is 0.348. The average molecular weight is 410 g/mol. The second kappa shape index (κ2) is 8.66. The lowest BCUT2D eigenvalue weighted by atomic mass is 10.1. The maximum Gasteiger partial charge on any atom is 0.341 e. The van der Waals surface area contributed by atoms with E-state index in [4.69, 9.17) is 4.74 Å². The molecule has 7 nitrogen and oxygen atoms in total. The summed E-state index contributed by atoms with van der Waals surface area (Å²) >= 11 is 1.26. The van der Waals surface area contributed by atoms with Crippen LogP contribution in [0, 0.1) is 17.0 Å². The maximum atomic E-state index is 12.7. The van der Waals surface area contributed by atoms with Crippen molar-refractivity contribution >= 4 is 33.9 Å². The van der Waals surface area contributed by atoms with Gasteiger partial charge in [0.15, 0.2) is 0 Å². The molecule has 0 bridgehead atoms. The van der Waals surface area contributed by atoms with Crippen molar-refractivity contribution in [2.75, 3.05) is 11.9 Å². The summed E-state index contributed by atoms with van der Waals surface area (Å²) in [5, 5.41) is 14.1. The van der Waals surface area contributed by atoms with E-state index in [1.165, 1.54) is 29.5 Å². The fraction of sp³-hybridized carbons (Fsp3) is 0.143. The lowest BCUT2D eigenvalue weighted by Crippen LogP contribution is -2.14. The highest BCUT2D eigenvalue weighted by molar-refractivity contribution is 7.20. The normalized spacial score (nSPS) is 10.4. The van der Waals surface area contributed by atoms with E-state index in [1.54, 1.807) is 19.9 Å². The van der Waals surface area contributed by atoms with Gasteiger partial charge in [0.2, 0.25) is 0 Å². The van der Waals surface area contributed by atoms with E-state index in [9.17, 15) is 19.7 Å². The molecule has 0 aliphatic carbocycles. The lowest BCUT2D eigenvalue weighted by Gasteiger charge is -2.07. The lowest BCUT2D eigenvalue weighted by molar-refractivity contribution is -0.385. The first-order chi connectivity index (χ1) is 13.9. The predicted molar refractivity (Wildman–Crippen MR) is 111 cm³/mol. The minimum absolute atomic E-state index is 0.0590. The second-order valence-electron chi connectivity index (χ2n) is 6.15. The van der Waals surface area contributed by atoms with Crippen molar-refractivity contribution in [1.82, 2.24) is 0 Å². The van der Waals surface area contributed by atoms with Gasteiger partial charge in [0.1, 0.15) is 5.00 Å². The van der Waals surface area contributed by atoms with Crippen LogP contribution in [0.25, 0.3) is 10.4 Å². The first-order valence-electron chi connectivity index (χ1n) is 8.83. The third-order valence-corrected chi connectivity index (χ3v) is 5.27. The van der Waals surface area contributed by atoms with Crippen LogP contribution in [-0.4, -0.2) is 23.4 Å². The molecule has 0 spiro atoms. The molecule has 0 fully saturated rings. The number of carbonyl (C=O) groups excluding carboxylic acids is 2. The summed E-state index contributed by atoms with van der Waals surface area (Å²) in [6.45, 7) is 3.49.